The average Bonchev–Trinajstić information content (AvgIpc) is 3.16. The number of hydrogen-bond acceptors (Lipinski definition) is 11. The Hall–Kier alpha value is -3.41. The van der Waals surface area contributed by atoms with Crippen LogP contribution in [0.1, 0.15) is 96.9 Å². The van der Waals surface area contributed by atoms with Gasteiger partial charge in [0.05, 0.1) is 17.9 Å². The lowest BCUT2D eigenvalue weighted by molar-refractivity contribution is -0.140. The van der Waals surface area contributed by atoms with Gasteiger partial charge in [-0.15, -0.1) is 0 Å². The molecule has 3 atom stereocenters. The Morgan fingerprint density at radius 3 is 2.07 bits per heavy atom. The van der Waals surface area contributed by atoms with E-state index in [0.717, 1.165) is 37.3 Å². The third-order valence-electron chi connectivity index (χ3n) is 10.3. The highest BCUT2D eigenvalue weighted by molar-refractivity contribution is 7.98. The van der Waals surface area contributed by atoms with Gasteiger partial charge in [0.25, 0.3) is 0 Å². The molecule has 0 saturated carbocycles. The van der Waals surface area contributed by atoms with Gasteiger partial charge in [-0.25, -0.2) is 0 Å². The van der Waals surface area contributed by atoms with E-state index in [9.17, 15) is 28.8 Å². The van der Waals surface area contributed by atoms with Crippen molar-refractivity contribution < 1.29 is 33.5 Å². The van der Waals surface area contributed by atoms with Gasteiger partial charge in [-0.3, -0.25) is 38.7 Å². The standard InChI is InChI=1S/C39H64N8O7S2/c1-5-27(4)35(36(41)51)45-37(52)31(10-9-26(2)3)44-38(53)39(15-19-54-20-16-39)46-34(50)14-22-56-25-30-8-6-7-29(42-30)24-55-21-13-33(49)43-28-11-17-47(18-12-28)23-32(40)48/h6-8,26-28,31,35H,5,9-25H2,1-4H3,(H2,40,48)(H2,41,51)(H,43,49)(H,44,53)(H,45,52)(H,46,50)/t27-,31-,35-/m0/s1. The van der Waals surface area contributed by atoms with E-state index >= 15 is 0 Å². The molecule has 2 aliphatic rings. The number of nitrogens with one attached hydrogen (secondary N) is 4. The van der Waals surface area contributed by atoms with Gasteiger partial charge < -0.3 is 37.5 Å². The van der Waals surface area contributed by atoms with Crippen LogP contribution in [-0.4, -0.2) is 113 Å². The molecule has 0 aromatic carbocycles. The van der Waals surface area contributed by atoms with Crippen LogP contribution in [0.2, 0.25) is 0 Å². The number of piperidine rings is 1. The molecule has 0 radical (unpaired) electrons. The molecule has 2 fully saturated rings. The third kappa shape index (κ3) is 16.6. The van der Waals surface area contributed by atoms with Gasteiger partial charge in [0.1, 0.15) is 17.6 Å². The zero-order valence-electron chi connectivity index (χ0n) is 33.6. The topological polar surface area (TPSA) is 228 Å². The Morgan fingerprint density at radius 1 is 0.911 bits per heavy atom. The molecule has 6 amide bonds. The van der Waals surface area contributed by atoms with Gasteiger partial charge in [-0.2, -0.15) is 23.5 Å². The molecular weight excluding hydrogens is 757 g/mol. The Labute approximate surface area is 340 Å². The van der Waals surface area contributed by atoms with Crippen molar-refractivity contribution in [3.8, 4) is 0 Å². The number of hydrogen-bond donors (Lipinski definition) is 6. The average molecular weight is 821 g/mol. The second-order valence-corrected chi connectivity index (χ2v) is 17.5. The van der Waals surface area contributed by atoms with Gasteiger partial charge in [0.2, 0.25) is 35.4 Å². The maximum absolute atomic E-state index is 13.9. The monoisotopic (exact) mass is 820 g/mol. The predicted octanol–water partition coefficient (Wildman–Crippen LogP) is 2.00. The molecular formula is C39H64N8O7S2. The minimum atomic E-state index is -1.23. The van der Waals surface area contributed by atoms with Gasteiger partial charge >= 0.3 is 0 Å². The number of carbonyl (C=O) groups excluding carboxylic acids is 6. The van der Waals surface area contributed by atoms with Crippen LogP contribution in [0.5, 0.6) is 0 Å². The van der Waals surface area contributed by atoms with Crippen LogP contribution in [0.25, 0.3) is 0 Å². The molecule has 56 heavy (non-hydrogen) atoms. The maximum atomic E-state index is 13.9. The minimum absolute atomic E-state index is 0.0295. The molecule has 0 unspecified atom stereocenters. The van der Waals surface area contributed by atoms with E-state index in [4.69, 9.17) is 21.2 Å². The van der Waals surface area contributed by atoms with E-state index in [0.29, 0.717) is 48.7 Å². The van der Waals surface area contributed by atoms with Gasteiger partial charge in [-0.05, 0) is 49.7 Å². The lowest BCUT2D eigenvalue weighted by atomic mass is 9.88. The summed E-state index contributed by atoms with van der Waals surface area (Å²) in [5.74, 6) is 0.472. The number of ether oxygens (including phenoxy) is 1. The fraction of sp³-hybridized carbons (Fsp3) is 0.718. The summed E-state index contributed by atoms with van der Waals surface area (Å²) in [6, 6.07) is 4.23. The first-order valence-electron chi connectivity index (χ1n) is 19.9. The lowest BCUT2D eigenvalue weighted by Gasteiger charge is -2.37. The zero-order valence-corrected chi connectivity index (χ0v) is 35.2. The van der Waals surface area contributed by atoms with Crippen LogP contribution in [0.15, 0.2) is 18.2 Å². The summed E-state index contributed by atoms with van der Waals surface area (Å²) >= 11 is 3.23. The first kappa shape index (κ1) is 47.0. The van der Waals surface area contributed by atoms with Crippen LogP contribution in [-0.2, 0) is 45.0 Å². The third-order valence-corrected chi connectivity index (χ3v) is 12.3. The number of rotatable bonds is 24. The van der Waals surface area contributed by atoms with Crippen LogP contribution >= 0.6 is 23.5 Å². The molecule has 8 N–H and O–H groups in total. The van der Waals surface area contributed by atoms with Crippen LogP contribution < -0.4 is 32.7 Å². The first-order valence-corrected chi connectivity index (χ1v) is 22.2. The molecule has 0 aliphatic carbocycles. The van der Waals surface area contributed by atoms with Crippen LogP contribution in [0, 0.1) is 11.8 Å². The van der Waals surface area contributed by atoms with Crippen molar-refractivity contribution in [2.75, 3.05) is 44.4 Å². The number of aromatic nitrogens is 1. The van der Waals surface area contributed by atoms with E-state index in [1.165, 1.54) is 0 Å². The van der Waals surface area contributed by atoms with E-state index in [1.807, 2.05) is 50.8 Å². The predicted molar refractivity (Wildman–Crippen MR) is 220 cm³/mol. The SMILES string of the molecule is CC[C@H](C)[C@H](NC(=O)[C@H](CCC(C)C)NC(=O)C1(NC(=O)CCSCc2cccc(CSCCC(=O)NC3CCN(CC(N)=O)CC3)n2)CCOCC1)C(N)=O. The molecule has 17 heteroatoms. The quantitative estimate of drug-likeness (QED) is 0.0827. The molecule has 3 heterocycles. The van der Waals surface area contributed by atoms with Crippen molar-refractivity contribution in [2.45, 2.75) is 121 Å². The summed E-state index contributed by atoms with van der Waals surface area (Å²) < 4.78 is 5.54. The lowest BCUT2D eigenvalue weighted by Crippen LogP contribution is -2.64. The second kappa shape index (κ2) is 24.4. The number of pyridine rings is 1. The number of nitrogens with two attached hydrogens (primary N) is 2. The molecule has 0 bridgehead atoms. The van der Waals surface area contributed by atoms with Crippen molar-refractivity contribution in [1.29, 1.82) is 0 Å². The highest BCUT2D eigenvalue weighted by atomic mass is 32.2. The first-order chi connectivity index (χ1) is 26.7. The number of likely N-dealkylation sites (tertiary alicyclic amines) is 1. The number of nitrogens with zero attached hydrogens (tertiary/aromatic N) is 2. The van der Waals surface area contributed by atoms with Crippen LogP contribution in [0.4, 0.5) is 0 Å². The van der Waals surface area contributed by atoms with E-state index in [1.54, 1.807) is 23.5 Å². The molecule has 1 aromatic rings. The van der Waals surface area contributed by atoms with E-state index < -0.39 is 35.3 Å². The Morgan fingerprint density at radius 2 is 1.52 bits per heavy atom. The summed E-state index contributed by atoms with van der Waals surface area (Å²) in [5.41, 5.74) is 11.5. The zero-order chi connectivity index (χ0) is 41.1. The van der Waals surface area contributed by atoms with Crippen molar-refractivity contribution in [3.05, 3.63) is 29.6 Å². The van der Waals surface area contributed by atoms with Gasteiger partial charge in [-0.1, -0.05) is 40.2 Å². The molecule has 2 aliphatic heterocycles. The van der Waals surface area contributed by atoms with E-state index in [2.05, 4.69) is 21.3 Å². The molecule has 314 valence electrons. The molecule has 1 aromatic heterocycles. The van der Waals surface area contributed by atoms with Gasteiger partial charge in [0.15, 0.2) is 0 Å². The fourth-order valence-electron chi connectivity index (χ4n) is 6.64. The number of carbonyl (C=O) groups is 6. The van der Waals surface area contributed by atoms with E-state index in [-0.39, 0.29) is 74.6 Å². The van der Waals surface area contributed by atoms with Crippen LogP contribution in [0.3, 0.4) is 0 Å². The minimum Gasteiger partial charge on any atom is -0.381 e. The van der Waals surface area contributed by atoms with Crippen molar-refractivity contribution in [3.63, 3.8) is 0 Å². The maximum Gasteiger partial charge on any atom is 0.246 e. The normalized spacial score (nSPS) is 17.7. The molecule has 0 spiro atoms. The highest BCUT2D eigenvalue weighted by Gasteiger charge is 2.43. The number of thioether (sulfide) groups is 2. The largest absolute Gasteiger partial charge is 0.381 e. The molecule has 3 rings (SSSR count). The van der Waals surface area contributed by atoms with Gasteiger partial charge in [0, 0.05) is 81.0 Å². The number of amides is 6. The summed E-state index contributed by atoms with van der Waals surface area (Å²) in [5, 5.41) is 11.8. The molecule has 2 saturated heterocycles. The van der Waals surface area contributed by atoms with Crippen molar-refractivity contribution in [1.82, 2.24) is 31.2 Å². The Bertz CT molecular complexity index is 1450. The summed E-state index contributed by atoms with van der Waals surface area (Å²) in [6.45, 7) is 10.1. The molecule has 15 nitrogen and oxygen atoms in total. The van der Waals surface area contributed by atoms with Crippen molar-refractivity contribution >= 4 is 59.0 Å². The Kier molecular flexibility index (Phi) is 20.4. The van der Waals surface area contributed by atoms with Crippen molar-refractivity contribution in [2.24, 2.45) is 23.3 Å². The smallest absolute Gasteiger partial charge is 0.246 e. The second-order valence-electron chi connectivity index (χ2n) is 15.3. The Balaban J connectivity index is 1.44. The highest BCUT2D eigenvalue weighted by Crippen LogP contribution is 2.23. The summed E-state index contributed by atoms with van der Waals surface area (Å²) in [4.78, 5) is 83.1. The summed E-state index contributed by atoms with van der Waals surface area (Å²) in [6.07, 6.45) is 4.43. The summed E-state index contributed by atoms with van der Waals surface area (Å²) in [7, 11) is 0. The number of primary amides is 2. The fourth-order valence-corrected chi connectivity index (χ4v) is 8.32.